The molecule has 0 saturated heterocycles. The minimum absolute atomic E-state index is 0.0502. The number of nitrogens with zero attached hydrogens (tertiary/aromatic N) is 1. The largest absolute Gasteiger partial charge is 0.342 e. The quantitative estimate of drug-likeness (QED) is 0.165. The van der Waals surface area contributed by atoms with E-state index in [9.17, 15) is 13.2 Å². The van der Waals surface area contributed by atoms with Gasteiger partial charge in [0.15, 0.2) is 0 Å². The second-order valence-corrected chi connectivity index (χ2v) is 9.41. The zero-order chi connectivity index (χ0) is 21.1. The van der Waals surface area contributed by atoms with Crippen LogP contribution in [0.25, 0.3) is 0 Å². The predicted molar refractivity (Wildman–Crippen MR) is 118 cm³/mol. The van der Waals surface area contributed by atoms with E-state index in [1.165, 1.54) is 70.6 Å². The Labute approximate surface area is 173 Å². The molecule has 28 heavy (non-hydrogen) atoms. The fraction of sp³-hybridized carbons (Fsp3) is 0.864. The minimum Gasteiger partial charge on any atom is -0.342 e. The van der Waals surface area contributed by atoms with Crippen molar-refractivity contribution in [2.75, 3.05) is 19.3 Å². The molecule has 0 aromatic rings. The predicted octanol–water partition coefficient (Wildman–Crippen LogP) is 5.76. The Morgan fingerprint density at radius 1 is 0.821 bits per heavy atom. The molecule has 0 radical (unpaired) electrons. The standard InChI is InChI=1S/C22H43NO4S/c1-3-4-5-6-7-8-9-10-11-12-13-14-15-16-19-22(24)23(2)20-17-18-21-28(25,26)27/h16,19H,3-15,17-18,20-21H2,1-2H3,(H,25,26,27)/b19-16+. The number of amides is 1. The number of hydrogen-bond donors (Lipinski definition) is 1. The van der Waals surface area contributed by atoms with E-state index in [0.717, 1.165) is 12.8 Å². The Bertz CT molecular complexity index is 503. The average Bonchev–Trinajstić information content (AvgIpc) is 2.64. The number of allylic oxidation sites excluding steroid dienone is 1. The summed E-state index contributed by atoms with van der Waals surface area (Å²) in [7, 11) is -2.18. The van der Waals surface area contributed by atoms with Gasteiger partial charge in [0.1, 0.15) is 0 Å². The van der Waals surface area contributed by atoms with Gasteiger partial charge in [0.05, 0.1) is 5.75 Å². The van der Waals surface area contributed by atoms with Gasteiger partial charge >= 0.3 is 0 Å². The van der Waals surface area contributed by atoms with Crippen molar-refractivity contribution in [3.8, 4) is 0 Å². The molecule has 0 bridgehead atoms. The molecule has 0 fully saturated rings. The van der Waals surface area contributed by atoms with E-state index in [2.05, 4.69) is 6.92 Å². The maximum absolute atomic E-state index is 11.9. The average molecular weight is 418 g/mol. The summed E-state index contributed by atoms with van der Waals surface area (Å²) in [6.45, 7) is 2.75. The highest BCUT2D eigenvalue weighted by molar-refractivity contribution is 7.85. The van der Waals surface area contributed by atoms with E-state index in [1.54, 1.807) is 18.0 Å². The lowest BCUT2D eigenvalue weighted by atomic mass is 10.0. The van der Waals surface area contributed by atoms with E-state index in [1.807, 2.05) is 6.08 Å². The van der Waals surface area contributed by atoms with Crippen LogP contribution in [-0.2, 0) is 14.9 Å². The van der Waals surface area contributed by atoms with Crippen molar-refractivity contribution in [2.45, 2.75) is 103 Å². The first-order valence-electron chi connectivity index (χ1n) is 11.2. The highest BCUT2D eigenvalue weighted by atomic mass is 32.2. The summed E-state index contributed by atoms with van der Waals surface area (Å²) in [6, 6.07) is 0. The van der Waals surface area contributed by atoms with E-state index in [4.69, 9.17) is 4.55 Å². The van der Waals surface area contributed by atoms with Gasteiger partial charge in [-0.15, -0.1) is 0 Å². The molecule has 0 aliphatic heterocycles. The van der Waals surface area contributed by atoms with Crippen LogP contribution in [0.5, 0.6) is 0 Å². The number of likely N-dealkylation sites (N-methyl/N-ethyl adjacent to an activating group) is 1. The van der Waals surface area contributed by atoms with Crippen molar-refractivity contribution < 1.29 is 17.8 Å². The molecule has 1 N–H and O–H groups in total. The number of rotatable bonds is 19. The van der Waals surface area contributed by atoms with Gasteiger partial charge in [0.25, 0.3) is 10.1 Å². The van der Waals surface area contributed by atoms with E-state index in [0.29, 0.717) is 19.4 Å². The highest BCUT2D eigenvalue weighted by Crippen LogP contribution is 2.12. The zero-order valence-electron chi connectivity index (χ0n) is 18.2. The summed E-state index contributed by atoms with van der Waals surface area (Å²) in [5.41, 5.74) is 0. The van der Waals surface area contributed by atoms with Crippen LogP contribution in [0.2, 0.25) is 0 Å². The van der Waals surface area contributed by atoms with Crippen molar-refractivity contribution in [2.24, 2.45) is 0 Å². The Morgan fingerprint density at radius 2 is 1.32 bits per heavy atom. The summed E-state index contributed by atoms with van der Waals surface area (Å²) in [6.07, 6.45) is 21.4. The third kappa shape index (κ3) is 19.9. The molecule has 0 aromatic carbocycles. The van der Waals surface area contributed by atoms with Gasteiger partial charge < -0.3 is 4.90 Å². The van der Waals surface area contributed by atoms with E-state index >= 15 is 0 Å². The first-order valence-corrected chi connectivity index (χ1v) is 12.8. The molecule has 0 heterocycles. The first kappa shape index (κ1) is 27.1. The van der Waals surface area contributed by atoms with Gasteiger partial charge in [0, 0.05) is 13.6 Å². The van der Waals surface area contributed by atoms with Gasteiger partial charge in [-0.25, -0.2) is 0 Å². The van der Waals surface area contributed by atoms with Crippen molar-refractivity contribution in [3.05, 3.63) is 12.2 Å². The van der Waals surface area contributed by atoms with Crippen LogP contribution < -0.4 is 0 Å². The molecule has 0 aromatic heterocycles. The maximum Gasteiger partial charge on any atom is 0.264 e. The normalized spacial score (nSPS) is 12.0. The molecule has 1 amide bonds. The Morgan fingerprint density at radius 3 is 1.82 bits per heavy atom. The molecule has 0 aliphatic carbocycles. The molecule has 0 atom stereocenters. The molecule has 0 spiro atoms. The molecular weight excluding hydrogens is 374 g/mol. The molecular formula is C22H43NO4S. The van der Waals surface area contributed by atoms with Crippen LogP contribution in [0.3, 0.4) is 0 Å². The maximum atomic E-state index is 11.9. The van der Waals surface area contributed by atoms with Gasteiger partial charge in [-0.2, -0.15) is 8.42 Å². The number of carbonyl (C=O) groups excluding carboxylic acids is 1. The second kappa shape index (κ2) is 18.2. The van der Waals surface area contributed by atoms with E-state index < -0.39 is 10.1 Å². The minimum atomic E-state index is -3.90. The molecule has 5 nitrogen and oxygen atoms in total. The van der Waals surface area contributed by atoms with Crippen molar-refractivity contribution in [3.63, 3.8) is 0 Å². The van der Waals surface area contributed by atoms with Crippen LogP contribution in [-0.4, -0.2) is 43.1 Å². The second-order valence-electron chi connectivity index (χ2n) is 7.83. The van der Waals surface area contributed by atoms with Crippen LogP contribution in [0.1, 0.15) is 103 Å². The summed E-state index contributed by atoms with van der Waals surface area (Å²) >= 11 is 0. The summed E-state index contributed by atoms with van der Waals surface area (Å²) in [4.78, 5) is 13.5. The topological polar surface area (TPSA) is 74.7 Å². The Balaban J connectivity index is 3.47. The Hall–Kier alpha value is -0.880. The summed E-state index contributed by atoms with van der Waals surface area (Å²) < 4.78 is 29.9. The third-order valence-electron chi connectivity index (χ3n) is 5.01. The number of carbonyl (C=O) groups is 1. The zero-order valence-corrected chi connectivity index (χ0v) is 19.0. The van der Waals surface area contributed by atoms with Gasteiger partial charge in [-0.3, -0.25) is 9.35 Å². The monoisotopic (exact) mass is 417 g/mol. The fourth-order valence-corrected chi connectivity index (χ4v) is 3.73. The molecule has 0 aliphatic rings. The lowest BCUT2D eigenvalue weighted by Crippen LogP contribution is -2.26. The molecule has 0 rings (SSSR count). The van der Waals surface area contributed by atoms with Crippen LogP contribution >= 0.6 is 0 Å². The summed E-state index contributed by atoms with van der Waals surface area (Å²) in [5.74, 6) is -0.296. The Kier molecular flexibility index (Phi) is 17.6. The van der Waals surface area contributed by atoms with Crippen molar-refractivity contribution >= 4 is 16.0 Å². The molecule has 0 saturated carbocycles. The summed E-state index contributed by atoms with van der Waals surface area (Å²) in [5, 5.41) is 0. The third-order valence-corrected chi connectivity index (χ3v) is 5.81. The lowest BCUT2D eigenvalue weighted by Gasteiger charge is -2.14. The van der Waals surface area contributed by atoms with Gasteiger partial charge in [0.2, 0.25) is 5.91 Å². The SMILES string of the molecule is CCCCCCCCCCCCCC/C=C/C(=O)N(C)CCCCS(=O)(=O)O. The number of unbranched alkanes of at least 4 members (excludes halogenated alkanes) is 13. The van der Waals surface area contributed by atoms with Crippen molar-refractivity contribution in [1.82, 2.24) is 4.90 Å². The lowest BCUT2D eigenvalue weighted by molar-refractivity contribution is -0.124. The fourth-order valence-electron chi connectivity index (χ4n) is 3.16. The molecule has 166 valence electrons. The molecule has 6 heteroatoms. The van der Waals surface area contributed by atoms with Crippen LogP contribution in [0.4, 0.5) is 0 Å². The molecule has 0 unspecified atom stereocenters. The first-order chi connectivity index (χ1) is 13.4. The van der Waals surface area contributed by atoms with E-state index in [-0.39, 0.29) is 11.7 Å². The van der Waals surface area contributed by atoms with Gasteiger partial charge in [-0.1, -0.05) is 83.6 Å². The number of hydrogen-bond acceptors (Lipinski definition) is 3. The van der Waals surface area contributed by atoms with Crippen molar-refractivity contribution in [1.29, 1.82) is 0 Å². The van der Waals surface area contributed by atoms with Gasteiger partial charge in [-0.05, 0) is 31.8 Å². The van der Waals surface area contributed by atoms with Crippen LogP contribution in [0.15, 0.2) is 12.2 Å². The highest BCUT2D eigenvalue weighted by Gasteiger charge is 2.07. The smallest absolute Gasteiger partial charge is 0.264 e. The van der Waals surface area contributed by atoms with Crippen LogP contribution in [0, 0.1) is 0 Å².